The third-order valence-corrected chi connectivity index (χ3v) is 4.66. The molecule has 134 valence electrons. The second-order valence-electron chi connectivity index (χ2n) is 5.42. The zero-order chi connectivity index (χ0) is 18.2. The average molecular weight is 380 g/mol. The molecule has 1 aliphatic rings. The van der Waals surface area contributed by atoms with Gasteiger partial charge in [0.25, 0.3) is 11.1 Å². The predicted octanol–water partition coefficient (Wildman–Crippen LogP) is 2.14. The van der Waals surface area contributed by atoms with Gasteiger partial charge in [-0.15, -0.1) is 0 Å². The van der Waals surface area contributed by atoms with E-state index in [2.05, 4.69) is 10.6 Å². The van der Waals surface area contributed by atoms with E-state index in [9.17, 15) is 9.59 Å². The third kappa shape index (κ3) is 5.84. The summed E-state index contributed by atoms with van der Waals surface area (Å²) in [6.07, 6.45) is 1.74. The van der Waals surface area contributed by atoms with Gasteiger partial charge in [-0.05, 0) is 42.5 Å². The number of nitrogens with zero attached hydrogens (tertiary/aromatic N) is 1. The molecule has 0 radical (unpaired) electrons. The number of aryl methyl sites for hydroxylation is 1. The summed E-state index contributed by atoms with van der Waals surface area (Å²) in [5.74, 6) is -0.268. The summed E-state index contributed by atoms with van der Waals surface area (Å²) in [5.41, 5.74) is 2.05. The van der Waals surface area contributed by atoms with E-state index in [1.54, 1.807) is 13.2 Å². The van der Waals surface area contributed by atoms with Gasteiger partial charge in [-0.25, -0.2) is 0 Å². The highest BCUT2D eigenvalue weighted by Gasteiger charge is 2.34. The molecule has 25 heavy (non-hydrogen) atoms. The van der Waals surface area contributed by atoms with Gasteiger partial charge in [0.1, 0.15) is 0 Å². The van der Waals surface area contributed by atoms with E-state index in [4.69, 9.17) is 17.0 Å². The van der Waals surface area contributed by atoms with Gasteiger partial charge in [0.15, 0.2) is 5.11 Å². The number of thiocarbonyl (C=S) groups is 1. The van der Waals surface area contributed by atoms with Crippen molar-refractivity contribution in [3.05, 3.63) is 40.3 Å². The summed E-state index contributed by atoms with van der Waals surface area (Å²) in [7, 11) is 1.61. The smallest absolute Gasteiger partial charge is 0.293 e. The van der Waals surface area contributed by atoms with Crippen molar-refractivity contribution in [2.24, 2.45) is 0 Å². The van der Waals surface area contributed by atoms with E-state index in [0.29, 0.717) is 29.7 Å². The molecule has 2 amide bonds. The fourth-order valence-corrected chi connectivity index (χ4v) is 3.19. The van der Waals surface area contributed by atoms with Crippen molar-refractivity contribution in [3.63, 3.8) is 0 Å². The lowest BCUT2D eigenvalue weighted by atomic mass is 10.1. The number of benzene rings is 1. The lowest BCUT2D eigenvalue weighted by molar-refractivity contribution is -0.122. The van der Waals surface area contributed by atoms with E-state index in [1.165, 1.54) is 4.90 Å². The van der Waals surface area contributed by atoms with Crippen molar-refractivity contribution in [1.82, 2.24) is 15.5 Å². The van der Waals surface area contributed by atoms with Crippen LogP contribution in [0.2, 0.25) is 0 Å². The minimum atomic E-state index is -0.268. The number of hydrogen-bond donors (Lipinski definition) is 2. The molecule has 6 nitrogen and oxygen atoms in total. The number of rotatable bonds is 7. The van der Waals surface area contributed by atoms with Gasteiger partial charge in [0.2, 0.25) is 0 Å². The van der Waals surface area contributed by atoms with E-state index < -0.39 is 0 Å². The molecule has 8 heteroatoms. The minimum Gasteiger partial charge on any atom is -0.383 e. The van der Waals surface area contributed by atoms with Crippen molar-refractivity contribution in [2.75, 3.05) is 33.4 Å². The number of carbonyl (C=O) groups is 2. The Morgan fingerprint density at radius 1 is 1.24 bits per heavy atom. The van der Waals surface area contributed by atoms with E-state index in [0.717, 1.165) is 22.9 Å². The SMILES string of the molecule is COCCNC(=S)NCCN1C(=O)S/C(=C\c2ccc(C)cc2)C1=O. The first-order valence-electron chi connectivity index (χ1n) is 7.84. The van der Waals surface area contributed by atoms with Crippen molar-refractivity contribution >= 4 is 46.3 Å². The van der Waals surface area contributed by atoms with Crippen molar-refractivity contribution < 1.29 is 14.3 Å². The summed E-state index contributed by atoms with van der Waals surface area (Å²) >= 11 is 6.07. The summed E-state index contributed by atoms with van der Waals surface area (Å²) in [6, 6.07) is 7.79. The number of amides is 2. The van der Waals surface area contributed by atoms with Gasteiger partial charge in [-0.2, -0.15) is 0 Å². The normalized spacial score (nSPS) is 15.8. The molecule has 1 fully saturated rings. The van der Waals surface area contributed by atoms with Crippen molar-refractivity contribution in [1.29, 1.82) is 0 Å². The lowest BCUT2D eigenvalue weighted by Gasteiger charge is -2.14. The molecule has 2 rings (SSSR count). The molecular formula is C17H21N3O3S2. The molecule has 1 aromatic carbocycles. The molecule has 1 aliphatic heterocycles. The maximum atomic E-state index is 12.4. The zero-order valence-corrected chi connectivity index (χ0v) is 15.8. The van der Waals surface area contributed by atoms with Gasteiger partial charge < -0.3 is 15.4 Å². The van der Waals surface area contributed by atoms with Crippen LogP contribution < -0.4 is 10.6 Å². The second kappa shape index (κ2) is 9.55. The summed E-state index contributed by atoms with van der Waals surface area (Å²) < 4.78 is 4.92. The van der Waals surface area contributed by atoms with Crippen LogP contribution in [0.5, 0.6) is 0 Å². The lowest BCUT2D eigenvalue weighted by Crippen LogP contribution is -2.42. The monoisotopic (exact) mass is 379 g/mol. The Morgan fingerprint density at radius 2 is 1.92 bits per heavy atom. The molecule has 1 saturated heterocycles. The van der Waals surface area contributed by atoms with Crippen LogP contribution in [0, 0.1) is 6.92 Å². The Morgan fingerprint density at radius 3 is 2.60 bits per heavy atom. The van der Waals surface area contributed by atoms with Gasteiger partial charge >= 0.3 is 0 Å². The average Bonchev–Trinajstić information content (AvgIpc) is 2.84. The van der Waals surface area contributed by atoms with Crippen LogP contribution in [0.3, 0.4) is 0 Å². The van der Waals surface area contributed by atoms with Crippen LogP contribution in [-0.4, -0.2) is 54.5 Å². The number of hydrogen-bond acceptors (Lipinski definition) is 5. The van der Waals surface area contributed by atoms with Crippen LogP contribution in [-0.2, 0) is 9.53 Å². The fraction of sp³-hybridized carbons (Fsp3) is 0.353. The summed E-state index contributed by atoms with van der Waals surface area (Å²) in [5, 5.41) is 6.15. The Hall–Kier alpha value is -1.90. The van der Waals surface area contributed by atoms with Crippen LogP contribution in [0.1, 0.15) is 11.1 Å². The predicted molar refractivity (Wildman–Crippen MR) is 104 cm³/mol. The molecule has 0 bridgehead atoms. The largest absolute Gasteiger partial charge is 0.383 e. The maximum Gasteiger partial charge on any atom is 0.293 e. The third-order valence-electron chi connectivity index (χ3n) is 3.46. The quantitative estimate of drug-likeness (QED) is 0.427. The first kappa shape index (κ1) is 19.4. The number of carbonyl (C=O) groups excluding carboxylic acids is 2. The Kier molecular flexibility index (Phi) is 7.42. The second-order valence-corrected chi connectivity index (χ2v) is 6.82. The van der Waals surface area contributed by atoms with Crippen molar-refractivity contribution in [3.8, 4) is 0 Å². The molecule has 0 aromatic heterocycles. The molecular weight excluding hydrogens is 358 g/mol. The molecule has 0 unspecified atom stereocenters. The highest BCUT2D eigenvalue weighted by atomic mass is 32.2. The van der Waals surface area contributed by atoms with Gasteiger partial charge in [0, 0.05) is 26.7 Å². The number of thioether (sulfide) groups is 1. The number of methoxy groups -OCH3 is 1. The van der Waals surface area contributed by atoms with Crippen LogP contribution >= 0.6 is 24.0 Å². The Bertz CT molecular complexity index is 674. The molecule has 0 spiro atoms. The highest BCUT2D eigenvalue weighted by molar-refractivity contribution is 8.18. The van der Waals surface area contributed by atoms with Crippen LogP contribution in [0.4, 0.5) is 4.79 Å². The van der Waals surface area contributed by atoms with E-state index >= 15 is 0 Å². The molecule has 1 aromatic rings. The number of ether oxygens (including phenoxy) is 1. The van der Waals surface area contributed by atoms with Gasteiger partial charge in [-0.3, -0.25) is 14.5 Å². The molecule has 0 atom stereocenters. The maximum absolute atomic E-state index is 12.4. The fourth-order valence-electron chi connectivity index (χ4n) is 2.12. The Labute approximate surface area is 157 Å². The van der Waals surface area contributed by atoms with E-state index in [1.807, 2.05) is 31.2 Å². The first-order valence-corrected chi connectivity index (χ1v) is 9.06. The van der Waals surface area contributed by atoms with Crippen molar-refractivity contribution in [2.45, 2.75) is 6.92 Å². The van der Waals surface area contributed by atoms with Crippen LogP contribution in [0.15, 0.2) is 29.2 Å². The number of imide groups is 1. The minimum absolute atomic E-state index is 0.261. The molecule has 0 saturated carbocycles. The zero-order valence-electron chi connectivity index (χ0n) is 14.2. The summed E-state index contributed by atoms with van der Waals surface area (Å²) in [4.78, 5) is 26.1. The molecule has 0 aliphatic carbocycles. The van der Waals surface area contributed by atoms with Gasteiger partial charge in [-0.1, -0.05) is 29.8 Å². The first-order chi connectivity index (χ1) is 12.0. The molecule has 1 heterocycles. The number of nitrogens with one attached hydrogen (secondary N) is 2. The summed E-state index contributed by atoms with van der Waals surface area (Å²) in [6.45, 7) is 3.81. The topological polar surface area (TPSA) is 70.7 Å². The van der Waals surface area contributed by atoms with Crippen LogP contribution in [0.25, 0.3) is 6.08 Å². The molecule has 2 N–H and O–H groups in total. The highest BCUT2D eigenvalue weighted by Crippen LogP contribution is 2.31. The standard InChI is InChI=1S/C17H21N3O3S2/c1-12-3-5-13(6-4-12)11-14-15(21)20(17(22)25-14)9-7-18-16(24)19-8-10-23-2/h3-6,11H,7-10H2,1-2H3,(H2,18,19,24)/b14-11-. The van der Waals surface area contributed by atoms with E-state index in [-0.39, 0.29) is 17.7 Å². The van der Waals surface area contributed by atoms with Gasteiger partial charge in [0.05, 0.1) is 11.5 Å². The Balaban J connectivity index is 1.86.